The van der Waals surface area contributed by atoms with E-state index < -0.39 is 0 Å². The summed E-state index contributed by atoms with van der Waals surface area (Å²) in [5.74, 6) is 1.06. The summed E-state index contributed by atoms with van der Waals surface area (Å²) < 4.78 is 15.8. The highest BCUT2D eigenvalue weighted by atomic mass is 16.5. The van der Waals surface area contributed by atoms with Crippen molar-refractivity contribution in [2.75, 3.05) is 33.5 Å². The molecule has 4 nitrogen and oxygen atoms in total. The molecule has 0 spiro atoms. The van der Waals surface area contributed by atoms with Gasteiger partial charge in [-0.25, -0.2) is 0 Å². The zero-order valence-electron chi connectivity index (χ0n) is 11.3. The molecule has 1 aliphatic carbocycles. The monoisotopic (exact) mass is 264 g/mol. The maximum Gasteiger partial charge on any atom is 0.163 e. The zero-order chi connectivity index (χ0) is 13.5. The summed E-state index contributed by atoms with van der Waals surface area (Å²) in [6.07, 6.45) is 2.57. The molecule has 0 aromatic heterocycles. The van der Waals surface area contributed by atoms with Crippen molar-refractivity contribution < 1.29 is 19.0 Å². The minimum Gasteiger partial charge on any atom is -0.491 e. The van der Waals surface area contributed by atoms with E-state index >= 15 is 0 Å². The first-order valence-electron chi connectivity index (χ1n) is 6.67. The molecule has 2 rings (SSSR count). The van der Waals surface area contributed by atoms with Crippen LogP contribution in [0.4, 0.5) is 0 Å². The highest BCUT2D eigenvalue weighted by molar-refractivity contribution is 5.98. The van der Waals surface area contributed by atoms with Gasteiger partial charge < -0.3 is 14.2 Å². The molecule has 1 aromatic rings. The number of fused-ring (bicyclic) bond motifs is 1. The van der Waals surface area contributed by atoms with E-state index in [4.69, 9.17) is 14.2 Å². The van der Waals surface area contributed by atoms with Gasteiger partial charge in [-0.15, -0.1) is 0 Å². The Kier molecular flexibility index (Phi) is 5.36. The minimum absolute atomic E-state index is 0.246. The molecule has 0 aliphatic heterocycles. The maximum absolute atomic E-state index is 11.7. The van der Waals surface area contributed by atoms with Crippen molar-refractivity contribution in [2.24, 2.45) is 0 Å². The van der Waals surface area contributed by atoms with E-state index in [0.717, 1.165) is 29.7 Å². The second-order valence-corrected chi connectivity index (χ2v) is 4.55. The maximum atomic E-state index is 11.7. The molecule has 104 valence electrons. The third-order valence-corrected chi connectivity index (χ3v) is 3.16. The van der Waals surface area contributed by atoms with Crippen LogP contribution in [-0.4, -0.2) is 39.3 Å². The number of benzene rings is 1. The summed E-state index contributed by atoms with van der Waals surface area (Å²) in [6, 6.07) is 5.71. The molecular weight excluding hydrogens is 244 g/mol. The largest absolute Gasteiger partial charge is 0.491 e. The highest BCUT2D eigenvalue weighted by Crippen LogP contribution is 2.25. The van der Waals surface area contributed by atoms with Crippen molar-refractivity contribution in [3.63, 3.8) is 0 Å². The van der Waals surface area contributed by atoms with Gasteiger partial charge in [-0.1, -0.05) is 0 Å². The normalized spacial score (nSPS) is 14.3. The number of ether oxygens (including phenoxy) is 3. The molecule has 0 atom stereocenters. The smallest absolute Gasteiger partial charge is 0.163 e. The number of ketones is 1. The summed E-state index contributed by atoms with van der Waals surface area (Å²) in [7, 11) is 1.65. The van der Waals surface area contributed by atoms with E-state index in [9.17, 15) is 4.79 Å². The lowest BCUT2D eigenvalue weighted by molar-refractivity contribution is 0.0544. The topological polar surface area (TPSA) is 44.8 Å². The fourth-order valence-corrected chi connectivity index (χ4v) is 2.18. The van der Waals surface area contributed by atoms with Crippen molar-refractivity contribution in [3.8, 4) is 5.75 Å². The molecule has 1 aliphatic rings. The lowest BCUT2D eigenvalue weighted by Gasteiger charge is -2.16. The van der Waals surface area contributed by atoms with Crippen LogP contribution in [-0.2, 0) is 15.9 Å². The first-order chi connectivity index (χ1) is 9.31. The quantitative estimate of drug-likeness (QED) is 0.709. The summed E-state index contributed by atoms with van der Waals surface area (Å²) in [5.41, 5.74) is 1.96. The molecule has 0 saturated carbocycles. The summed E-state index contributed by atoms with van der Waals surface area (Å²) in [6.45, 7) is 2.23. The van der Waals surface area contributed by atoms with Gasteiger partial charge in [-0.3, -0.25) is 4.79 Å². The molecule has 0 amide bonds. The first-order valence-corrected chi connectivity index (χ1v) is 6.67. The molecule has 0 unspecified atom stereocenters. The number of carbonyl (C=O) groups is 1. The Morgan fingerprint density at radius 2 is 1.95 bits per heavy atom. The van der Waals surface area contributed by atoms with Crippen LogP contribution in [0.3, 0.4) is 0 Å². The van der Waals surface area contributed by atoms with Crippen LogP contribution in [0.15, 0.2) is 18.2 Å². The van der Waals surface area contributed by atoms with Crippen LogP contribution in [0.1, 0.15) is 28.8 Å². The molecular formula is C15H20O4. The van der Waals surface area contributed by atoms with Crippen molar-refractivity contribution in [2.45, 2.75) is 19.3 Å². The fraction of sp³-hybridized carbons (Fsp3) is 0.533. The first kappa shape index (κ1) is 14.0. The highest BCUT2D eigenvalue weighted by Gasteiger charge is 2.17. The molecule has 19 heavy (non-hydrogen) atoms. The summed E-state index contributed by atoms with van der Waals surface area (Å²) in [5, 5.41) is 0. The van der Waals surface area contributed by atoms with Crippen LogP contribution < -0.4 is 4.74 Å². The van der Waals surface area contributed by atoms with Crippen LogP contribution in [0.5, 0.6) is 5.75 Å². The number of carbonyl (C=O) groups excluding carboxylic acids is 1. The molecule has 0 heterocycles. The Morgan fingerprint density at radius 3 is 2.79 bits per heavy atom. The molecule has 4 heteroatoms. The number of Topliss-reactive ketones (excluding diaryl/α,β-unsaturated/α-hetero) is 1. The van der Waals surface area contributed by atoms with Gasteiger partial charge >= 0.3 is 0 Å². The SMILES string of the molecule is COCCOCCOc1ccc2c(c1)CCCC2=O. The summed E-state index contributed by atoms with van der Waals surface area (Å²) >= 11 is 0. The number of methoxy groups -OCH3 is 1. The predicted octanol–water partition coefficient (Wildman–Crippen LogP) is 2.25. The molecule has 0 saturated heterocycles. The molecule has 1 aromatic carbocycles. The minimum atomic E-state index is 0.246. The van der Waals surface area contributed by atoms with Gasteiger partial charge in [-0.2, -0.15) is 0 Å². The number of hydrogen-bond acceptors (Lipinski definition) is 4. The average Bonchev–Trinajstić information content (AvgIpc) is 2.43. The van der Waals surface area contributed by atoms with E-state index in [1.807, 2.05) is 18.2 Å². The molecule has 0 fully saturated rings. The fourth-order valence-electron chi connectivity index (χ4n) is 2.18. The second-order valence-electron chi connectivity index (χ2n) is 4.55. The lowest BCUT2D eigenvalue weighted by atomic mass is 9.91. The van der Waals surface area contributed by atoms with Gasteiger partial charge in [0.25, 0.3) is 0 Å². The second kappa shape index (κ2) is 7.26. The van der Waals surface area contributed by atoms with Gasteiger partial charge in [0.2, 0.25) is 0 Å². The van der Waals surface area contributed by atoms with Gasteiger partial charge in [0.15, 0.2) is 5.78 Å². The van der Waals surface area contributed by atoms with Crippen molar-refractivity contribution in [1.82, 2.24) is 0 Å². The van der Waals surface area contributed by atoms with Crippen LogP contribution in [0, 0.1) is 0 Å². The van der Waals surface area contributed by atoms with Crippen molar-refractivity contribution in [3.05, 3.63) is 29.3 Å². The molecule has 0 N–H and O–H groups in total. The Hall–Kier alpha value is -1.39. The van der Waals surface area contributed by atoms with Crippen molar-refractivity contribution >= 4 is 5.78 Å². The predicted molar refractivity (Wildman–Crippen MR) is 71.9 cm³/mol. The van der Waals surface area contributed by atoms with E-state index in [1.54, 1.807) is 7.11 Å². The lowest BCUT2D eigenvalue weighted by Crippen LogP contribution is -2.12. The number of rotatable bonds is 7. The molecule has 0 bridgehead atoms. The van der Waals surface area contributed by atoms with E-state index in [1.165, 1.54) is 0 Å². The third-order valence-electron chi connectivity index (χ3n) is 3.16. The van der Waals surface area contributed by atoms with Gasteiger partial charge in [0.1, 0.15) is 12.4 Å². The average molecular weight is 264 g/mol. The number of hydrogen-bond donors (Lipinski definition) is 0. The summed E-state index contributed by atoms with van der Waals surface area (Å²) in [4.78, 5) is 11.7. The third kappa shape index (κ3) is 4.04. The Labute approximate surface area is 113 Å². The van der Waals surface area contributed by atoms with Gasteiger partial charge in [-0.05, 0) is 36.6 Å². The standard InChI is InChI=1S/C15H20O4/c1-17-7-8-18-9-10-19-13-5-6-14-12(11-13)3-2-4-15(14)16/h5-6,11H,2-4,7-10H2,1H3. The Bertz CT molecular complexity index is 428. The Balaban J connectivity index is 1.80. The van der Waals surface area contributed by atoms with Crippen LogP contribution in [0.25, 0.3) is 0 Å². The number of aryl methyl sites for hydroxylation is 1. The van der Waals surface area contributed by atoms with E-state index in [-0.39, 0.29) is 5.78 Å². The van der Waals surface area contributed by atoms with Gasteiger partial charge in [0.05, 0.1) is 19.8 Å². The molecule has 0 radical (unpaired) electrons. The zero-order valence-corrected chi connectivity index (χ0v) is 11.3. The van der Waals surface area contributed by atoms with Crippen LogP contribution >= 0.6 is 0 Å². The Morgan fingerprint density at radius 1 is 1.11 bits per heavy atom. The van der Waals surface area contributed by atoms with E-state index in [2.05, 4.69) is 0 Å². The van der Waals surface area contributed by atoms with Gasteiger partial charge in [0, 0.05) is 19.1 Å². The van der Waals surface area contributed by atoms with Crippen molar-refractivity contribution in [1.29, 1.82) is 0 Å². The van der Waals surface area contributed by atoms with E-state index in [0.29, 0.717) is 32.8 Å². The van der Waals surface area contributed by atoms with Crippen LogP contribution in [0.2, 0.25) is 0 Å².